The Labute approximate surface area is 77.4 Å². The first-order valence-electron chi connectivity index (χ1n) is 2.93. The maximum atomic E-state index is 9.77. The van der Waals surface area contributed by atoms with Gasteiger partial charge in [-0.3, -0.25) is 0 Å². The van der Waals surface area contributed by atoms with E-state index in [1.54, 1.807) is 0 Å². The van der Waals surface area contributed by atoms with Crippen LogP contribution >= 0.6 is 0 Å². The first-order chi connectivity index (χ1) is 4.18. The first kappa shape index (κ1) is 10.6. The average Bonchev–Trinajstić information content (AvgIpc) is 1.89. The van der Waals surface area contributed by atoms with Crippen molar-refractivity contribution in [1.82, 2.24) is 0 Å². The molecule has 1 nitrogen and oxygen atoms in total. The van der Waals surface area contributed by atoms with Crippen molar-refractivity contribution >= 4 is 47.3 Å². The predicted octanol–water partition coefficient (Wildman–Crippen LogP) is -0.495. The van der Waals surface area contributed by atoms with Gasteiger partial charge in [0.2, 0.25) is 0 Å². The summed E-state index contributed by atoms with van der Waals surface area (Å²) in [6.07, 6.45) is 0. The van der Waals surface area contributed by atoms with Crippen LogP contribution in [0.4, 0.5) is 0 Å². The van der Waals surface area contributed by atoms with E-state index >= 15 is 0 Å². The Balaban J connectivity index is 3.62. The molecule has 0 fully saturated rings. The van der Waals surface area contributed by atoms with E-state index in [0.29, 0.717) is 0 Å². The Morgan fingerprint density at radius 3 is 1.78 bits per heavy atom. The molecule has 56 valence electrons. The van der Waals surface area contributed by atoms with Gasteiger partial charge in [-0.2, -0.15) is 0 Å². The zero-order valence-electron chi connectivity index (χ0n) is 6.15. The van der Waals surface area contributed by atoms with Gasteiger partial charge in [0, 0.05) is 0 Å². The maximum absolute atomic E-state index is 9.77. The van der Waals surface area contributed by atoms with Crippen molar-refractivity contribution < 1.29 is 5.11 Å². The van der Waals surface area contributed by atoms with Crippen molar-refractivity contribution in [2.75, 3.05) is 0 Å². The number of rotatable bonds is 4. The van der Waals surface area contributed by atoms with Gasteiger partial charge in [0.1, 0.15) is 0 Å². The molecule has 3 unspecified atom stereocenters. The molecule has 0 aromatic carbocycles. The molecule has 0 saturated carbocycles. The Kier molecular flexibility index (Phi) is 6.27. The van der Waals surface area contributed by atoms with E-state index in [1.165, 1.54) is 5.21 Å². The van der Waals surface area contributed by atoms with Crippen molar-refractivity contribution in [3.8, 4) is 0 Å². The van der Waals surface area contributed by atoms with Crippen LogP contribution in [0, 0.1) is 0 Å². The third kappa shape index (κ3) is 4.15. The molecule has 0 aromatic rings. The monoisotopic (exact) mass is 316 g/mol. The summed E-state index contributed by atoms with van der Waals surface area (Å²) >= 11 is 0.152. The van der Waals surface area contributed by atoms with Crippen LogP contribution in [0.2, 0.25) is 22.3 Å². The van der Waals surface area contributed by atoms with Gasteiger partial charge in [0.25, 0.3) is 0 Å². The summed E-state index contributed by atoms with van der Waals surface area (Å²) in [4.78, 5) is 0. The Morgan fingerprint density at radius 2 is 1.67 bits per heavy atom. The SMILES string of the molecule is C[AsH]CC(O)([AsH]C)[AsH]C. The molecule has 0 aliphatic carbocycles. The second-order valence-corrected chi connectivity index (χ2v) is 11.9. The van der Waals surface area contributed by atoms with Crippen molar-refractivity contribution in [2.45, 2.75) is 25.5 Å². The molecule has 0 spiro atoms. The van der Waals surface area contributed by atoms with E-state index in [9.17, 15) is 5.11 Å². The molecule has 3 atom stereocenters. The molecule has 4 heteroatoms. The molecule has 0 amide bonds. The number of hydrogen-bond acceptors (Lipinski definition) is 1. The van der Waals surface area contributed by atoms with Crippen molar-refractivity contribution in [3.05, 3.63) is 0 Å². The average molecular weight is 316 g/mol. The molecule has 9 heavy (non-hydrogen) atoms. The van der Waals surface area contributed by atoms with Crippen LogP contribution in [0.5, 0.6) is 0 Å². The van der Waals surface area contributed by atoms with E-state index < -0.39 is 0 Å². The van der Waals surface area contributed by atoms with E-state index in [1.807, 2.05) is 0 Å². The van der Waals surface area contributed by atoms with Crippen LogP contribution in [0.1, 0.15) is 0 Å². The van der Waals surface area contributed by atoms with Crippen LogP contribution in [-0.2, 0) is 0 Å². The predicted molar refractivity (Wildman–Crippen MR) is 48.8 cm³/mol. The molecule has 0 heterocycles. The third-order valence-corrected chi connectivity index (χ3v) is 15.9. The zero-order chi connectivity index (χ0) is 7.33. The van der Waals surface area contributed by atoms with Crippen LogP contribution in [0.3, 0.4) is 0 Å². The topological polar surface area (TPSA) is 20.2 Å². The fourth-order valence-corrected chi connectivity index (χ4v) is 13.3. The summed E-state index contributed by atoms with van der Waals surface area (Å²) in [7, 11) is 0. The second kappa shape index (κ2) is 5.31. The molecule has 0 bridgehead atoms. The van der Waals surface area contributed by atoms with Gasteiger partial charge in [0.15, 0.2) is 0 Å². The molecule has 0 aliphatic heterocycles. The van der Waals surface area contributed by atoms with E-state index in [2.05, 4.69) is 17.1 Å². The molecule has 0 aromatic heterocycles. The number of hydrogen-bond donors (Lipinski definition) is 1. The van der Waals surface area contributed by atoms with Gasteiger partial charge in [-0.15, -0.1) is 0 Å². The van der Waals surface area contributed by atoms with Crippen molar-refractivity contribution in [2.24, 2.45) is 0 Å². The molecular formula is C5H15As3O. The normalized spacial score (nSPS) is 21.3. The quantitative estimate of drug-likeness (QED) is 0.694. The van der Waals surface area contributed by atoms with E-state index in [0.717, 1.165) is 0 Å². The van der Waals surface area contributed by atoms with Crippen molar-refractivity contribution in [1.29, 1.82) is 0 Å². The number of aliphatic hydroxyl groups is 1. The van der Waals surface area contributed by atoms with Gasteiger partial charge in [-0.1, -0.05) is 0 Å². The fraction of sp³-hybridized carbons (Fsp3) is 1.00. The van der Waals surface area contributed by atoms with Crippen LogP contribution < -0.4 is 0 Å². The summed E-state index contributed by atoms with van der Waals surface area (Å²) < 4.78 is -0.0608. The summed E-state index contributed by atoms with van der Waals surface area (Å²) in [6, 6.07) is 0. The van der Waals surface area contributed by atoms with E-state index in [4.69, 9.17) is 0 Å². The molecule has 1 N–H and O–H groups in total. The summed E-state index contributed by atoms with van der Waals surface area (Å²) in [5.74, 6) is 0. The van der Waals surface area contributed by atoms with E-state index in [-0.39, 0.29) is 50.4 Å². The minimum absolute atomic E-state index is 0.0261. The van der Waals surface area contributed by atoms with Crippen LogP contribution in [-0.4, -0.2) is 55.5 Å². The van der Waals surface area contributed by atoms with Crippen LogP contribution in [0.15, 0.2) is 0 Å². The molecule has 0 saturated heterocycles. The van der Waals surface area contributed by atoms with Gasteiger partial charge in [-0.25, -0.2) is 0 Å². The molecule has 0 rings (SSSR count). The molecule has 0 aliphatic rings. The zero-order valence-corrected chi connectivity index (χ0v) is 12.4. The van der Waals surface area contributed by atoms with Gasteiger partial charge >= 0.3 is 77.9 Å². The Hall–Kier alpha value is 1.64. The summed E-state index contributed by atoms with van der Waals surface area (Å²) in [6.45, 7) is 0. The standard InChI is InChI=1S/C5H15As3O/c1-6-4-5(9,7-2)8-3/h6-9H,4H2,1-3H3. The van der Waals surface area contributed by atoms with Crippen LogP contribution in [0.25, 0.3) is 0 Å². The van der Waals surface area contributed by atoms with Gasteiger partial charge in [0.05, 0.1) is 0 Å². The fourth-order valence-electron chi connectivity index (χ4n) is 0.558. The first-order valence-corrected chi connectivity index (χ1v) is 12.8. The molecular weight excluding hydrogens is 301 g/mol. The summed E-state index contributed by atoms with van der Waals surface area (Å²) in [5.41, 5.74) is 6.71. The minimum atomic E-state index is -0.0608. The Morgan fingerprint density at radius 1 is 1.22 bits per heavy atom. The van der Waals surface area contributed by atoms with Crippen molar-refractivity contribution in [3.63, 3.8) is 0 Å². The Bertz CT molecular complexity index is 72.6. The molecule has 0 radical (unpaired) electrons. The summed E-state index contributed by atoms with van der Waals surface area (Å²) in [5, 5.41) is 11.0. The van der Waals surface area contributed by atoms with Gasteiger partial charge < -0.3 is 0 Å². The second-order valence-electron chi connectivity index (χ2n) is 1.89. The van der Waals surface area contributed by atoms with Gasteiger partial charge in [-0.05, 0) is 0 Å². The third-order valence-electron chi connectivity index (χ3n) is 1.26.